The van der Waals surface area contributed by atoms with E-state index in [4.69, 9.17) is 14.2 Å². The van der Waals surface area contributed by atoms with Gasteiger partial charge in [0.2, 0.25) is 15.8 Å². The summed E-state index contributed by atoms with van der Waals surface area (Å²) in [5.41, 5.74) is 0. The van der Waals surface area contributed by atoms with Crippen LogP contribution in [-0.4, -0.2) is 71.9 Å². The Kier molecular flexibility index (Phi) is 5.84. The van der Waals surface area contributed by atoms with Gasteiger partial charge in [-0.25, -0.2) is 21.8 Å². The highest BCUT2D eigenvalue weighted by Crippen LogP contribution is 2.45. The molecule has 2 unspecified atom stereocenters. The van der Waals surface area contributed by atoms with E-state index in [1.54, 1.807) is 4.31 Å². The van der Waals surface area contributed by atoms with Gasteiger partial charge in [-0.3, -0.25) is 0 Å². The number of ether oxygens (including phenoxy) is 3. The predicted molar refractivity (Wildman–Crippen MR) is 127 cm³/mol. The number of pyridine rings is 1. The summed E-state index contributed by atoms with van der Waals surface area (Å²) in [7, 11) is -5.16. The first-order valence-electron chi connectivity index (χ1n) is 12.2. The molecule has 0 aromatic carbocycles. The standard InChI is InChI=1S/C23H28N4O7S2/c1-32-21-22(33-16-4-9-20(24-12-16)35(28,29)18-5-6-18)25-13-26-23(21)34-17-10-14-2-3-15(11-17)27(14)36(30,31)19-7-8-19/h4,9,12-15,17-19H,2-3,5-8,10-11H2,1H3. The molecular formula is C23H28N4O7S2. The number of methoxy groups -OCH3 is 1. The molecule has 2 aromatic rings. The lowest BCUT2D eigenvalue weighted by Crippen LogP contribution is -2.50. The highest BCUT2D eigenvalue weighted by Gasteiger charge is 2.52. The Morgan fingerprint density at radius 1 is 0.861 bits per heavy atom. The van der Waals surface area contributed by atoms with Gasteiger partial charge < -0.3 is 14.2 Å². The van der Waals surface area contributed by atoms with E-state index in [-0.39, 0.29) is 51.2 Å². The Morgan fingerprint density at radius 2 is 1.53 bits per heavy atom. The van der Waals surface area contributed by atoms with Crippen molar-refractivity contribution in [1.29, 1.82) is 0 Å². The molecule has 2 saturated carbocycles. The third-order valence-electron chi connectivity index (χ3n) is 7.26. The minimum absolute atomic E-state index is 0.0284. The summed E-state index contributed by atoms with van der Waals surface area (Å²) in [6.45, 7) is 0. The van der Waals surface area contributed by atoms with Crippen molar-refractivity contribution < 1.29 is 31.0 Å². The van der Waals surface area contributed by atoms with Crippen molar-refractivity contribution in [2.45, 2.75) is 85.1 Å². The van der Waals surface area contributed by atoms with Crippen LogP contribution < -0.4 is 14.2 Å². The molecular weight excluding hydrogens is 508 g/mol. The van der Waals surface area contributed by atoms with Crippen LogP contribution in [0.3, 0.4) is 0 Å². The number of sulfone groups is 1. The molecule has 2 saturated heterocycles. The number of nitrogens with zero attached hydrogens (tertiary/aromatic N) is 4. The molecule has 4 fully saturated rings. The van der Waals surface area contributed by atoms with Crippen LogP contribution in [0.2, 0.25) is 0 Å². The van der Waals surface area contributed by atoms with Crippen LogP contribution in [0, 0.1) is 0 Å². The molecule has 2 aliphatic heterocycles. The second-order valence-corrected chi connectivity index (χ2v) is 14.2. The molecule has 4 aliphatic rings. The lowest BCUT2D eigenvalue weighted by Gasteiger charge is -2.37. The lowest BCUT2D eigenvalue weighted by molar-refractivity contribution is 0.0881. The van der Waals surface area contributed by atoms with Crippen LogP contribution in [0.25, 0.3) is 0 Å². The van der Waals surface area contributed by atoms with Gasteiger partial charge in [0.1, 0.15) is 18.2 Å². The Bertz CT molecular complexity index is 1350. The number of piperidine rings is 1. The normalized spacial score (nSPS) is 26.5. The second-order valence-electron chi connectivity index (χ2n) is 9.87. The van der Waals surface area contributed by atoms with Crippen LogP contribution in [-0.2, 0) is 19.9 Å². The van der Waals surface area contributed by atoms with E-state index in [1.165, 1.54) is 31.8 Å². The number of hydrogen-bond acceptors (Lipinski definition) is 10. The maximum atomic E-state index is 12.9. The number of sulfonamides is 1. The molecule has 13 heteroatoms. The largest absolute Gasteiger partial charge is 0.487 e. The maximum absolute atomic E-state index is 12.9. The molecule has 4 heterocycles. The minimum atomic E-state index is -3.39. The Balaban J connectivity index is 1.16. The van der Waals surface area contributed by atoms with Crippen LogP contribution >= 0.6 is 0 Å². The molecule has 36 heavy (non-hydrogen) atoms. The first-order valence-corrected chi connectivity index (χ1v) is 15.3. The SMILES string of the molecule is COc1c(Oc2ccc(S(=O)(=O)C3CC3)nc2)ncnc1OC1CC2CCC(C1)N2S(=O)(=O)C1CC1. The number of hydrogen-bond donors (Lipinski definition) is 0. The van der Waals surface area contributed by atoms with Gasteiger partial charge in [-0.15, -0.1) is 0 Å². The monoisotopic (exact) mass is 536 g/mol. The van der Waals surface area contributed by atoms with Crippen LogP contribution in [0.1, 0.15) is 51.4 Å². The topological polar surface area (TPSA) is 138 Å². The highest BCUT2D eigenvalue weighted by atomic mass is 32.2. The third-order valence-corrected chi connectivity index (χ3v) is 11.9. The van der Waals surface area contributed by atoms with Gasteiger partial charge in [-0.05, 0) is 50.7 Å². The fourth-order valence-corrected chi connectivity index (χ4v) is 9.07. The fourth-order valence-electron chi connectivity index (χ4n) is 5.22. The van der Waals surface area contributed by atoms with Gasteiger partial charge in [0, 0.05) is 24.9 Å². The zero-order valence-corrected chi connectivity index (χ0v) is 21.4. The summed E-state index contributed by atoms with van der Waals surface area (Å²) >= 11 is 0. The lowest BCUT2D eigenvalue weighted by atomic mass is 10.0. The van der Waals surface area contributed by atoms with Gasteiger partial charge >= 0.3 is 0 Å². The number of aromatic nitrogens is 3. The van der Waals surface area contributed by atoms with Crippen LogP contribution in [0.5, 0.6) is 23.3 Å². The summed E-state index contributed by atoms with van der Waals surface area (Å²) in [5, 5.41) is -0.521. The average molecular weight is 537 g/mol. The van der Waals surface area contributed by atoms with Gasteiger partial charge in [0.25, 0.3) is 11.8 Å². The van der Waals surface area contributed by atoms with Gasteiger partial charge in [0.15, 0.2) is 14.9 Å². The molecule has 2 atom stereocenters. The summed E-state index contributed by atoms with van der Waals surface area (Å²) in [6.07, 6.45) is 8.13. The molecule has 194 valence electrons. The molecule has 0 N–H and O–H groups in total. The first-order chi connectivity index (χ1) is 17.3. The molecule has 2 bridgehead atoms. The summed E-state index contributed by atoms with van der Waals surface area (Å²) < 4.78 is 69.8. The van der Waals surface area contributed by atoms with Crippen LogP contribution in [0.4, 0.5) is 0 Å². The Morgan fingerprint density at radius 3 is 2.11 bits per heavy atom. The summed E-state index contributed by atoms with van der Waals surface area (Å²) in [4.78, 5) is 12.4. The van der Waals surface area contributed by atoms with E-state index in [0.717, 1.165) is 25.7 Å². The van der Waals surface area contributed by atoms with Gasteiger partial charge in [0.05, 0.1) is 23.8 Å². The number of rotatable bonds is 9. The fraction of sp³-hybridized carbons (Fsp3) is 0.609. The van der Waals surface area contributed by atoms with Gasteiger partial charge in [-0.2, -0.15) is 14.3 Å². The Labute approximate surface area is 210 Å². The van der Waals surface area contributed by atoms with Crippen molar-refractivity contribution in [3.63, 3.8) is 0 Å². The minimum Gasteiger partial charge on any atom is -0.487 e. The average Bonchev–Trinajstić information content (AvgIpc) is 3.76. The quantitative estimate of drug-likeness (QED) is 0.470. The van der Waals surface area contributed by atoms with Crippen molar-refractivity contribution in [3.05, 3.63) is 24.7 Å². The van der Waals surface area contributed by atoms with E-state index in [1.807, 2.05) is 0 Å². The van der Waals surface area contributed by atoms with Crippen molar-refractivity contribution >= 4 is 19.9 Å². The van der Waals surface area contributed by atoms with Gasteiger partial charge in [-0.1, -0.05) is 0 Å². The molecule has 0 amide bonds. The molecule has 2 aliphatic carbocycles. The van der Waals surface area contributed by atoms with Crippen molar-refractivity contribution in [3.8, 4) is 23.3 Å². The van der Waals surface area contributed by atoms with Crippen molar-refractivity contribution in [1.82, 2.24) is 19.3 Å². The van der Waals surface area contributed by atoms with E-state index >= 15 is 0 Å². The van der Waals surface area contributed by atoms with Crippen molar-refractivity contribution in [2.24, 2.45) is 0 Å². The smallest absolute Gasteiger partial charge is 0.269 e. The molecule has 6 rings (SSSR count). The highest BCUT2D eigenvalue weighted by molar-refractivity contribution is 7.92. The Hall–Kier alpha value is -2.51. The molecule has 0 spiro atoms. The first kappa shape index (κ1) is 23.9. The van der Waals surface area contributed by atoms with E-state index < -0.39 is 19.9 Å². The number of fused-ring (bicyclic) bond motifs is 2. The predicted octanol–water partition coefficient (Wildman–Crippen LogP) is 2.48. The van der Waals surface area contributed by atoms with Crippen molar-refractivity contribution in [2.75, 3.05) is 7.11 Å². The maximum Gasteiger partial charge on any atom is 0.269 e. The van der Waals surface area contributed by atoms with Crippen LogP contribution in [0.15, 0.2) is 29.7 Å². The second kappa shape index (κ2) is 8.80. The zero-order valence-electron chi connectivity index (χ0n) is 19.8. The molecule has 11 nitrogen and oxygen atoms in total. The summed E-state index contributed by atoms with van der Waals surface area (Å²) in [5.74, 6) is 0.821. The zero-order chi connectivity index (χ0) is 25.1. The molecule has 0 radical (unpaired) electrons. The van der Waals surface area contributed by atoms with E-state index in [2.05, 4.69) is 15.0 Å². The van der Waals surface area contributed by atoms with E-state index in [0.29, 0.717) is 31.4 Å². The van der Waals surface area contributed by atoms with E-state index in [9.17, 15) is 16.8 Å². The third kappa shape index (κ3) is 4.30. The molecule has 2 aromatic heterocycles. The summed E-state index contributed by atoms with van der Waals surface area (Å²) in [6, 6.07) is 2.84.